The molecule has 5 aromatic rings. The van der Waals surface area contributed by atoms with E-state index in [0.717, 1.165) is 23.9 Å². The summed E-state index contributed by atoms with van der Waals surface area (Å²) in [7, 11) is 2.02. The topological polar surface area (TPSA) is 141 Å². The number of imidazole rings is 1. The van der Waals surface area contributed by atoms with Gasteiger partial charge in [-0.15, -0.1) is 0 Å². The lowest BCUT2D eigenvalue weighted by Crippen LogP contribution is -2.24. The maximum Gasteiger partial charge on any atom is 0.326 e. The van der Waals surface area contributed by atoms with E-state index >= 15 is 0 Å². The predicted octanol–water partition coefficient (Wildman–Crippen LogP) is 0.561. The fourth-order valence-corrected chi connectivity index (χ4v) is 3.85. The number of H-pyrrole nitrogens is 2. The number of aromatic amines is 2. The molecule has 0 bridgehead atoms. The van der Waals surface area contributed by atoms with Gasteiger partial charge in [0.1, 0.15) is 5.69 Å². The van der Waals surface area contributed by atoms with E-state index in [2.05, 4.69) is 58.1 Å². The van der Waals surface area contributed by atoms with Crippen LogP contribution in [0.2, 0.25) is 0 Å². The van der Waals surface area contributed by atoms with Gasteiger partial charge < -0.3 is 20.0 Å². The van der Waals surface area contributed by atoms with Crippen molar-refractivity contribution in [3.05, 3.63) is 69.2 Å². The van der Waals surface area contributed by atoms with Crippen molar-refractivity contribution in [2.45, 2.75) is 25.4 Å². The number of nitrogens with zero attached hydrogens (tertiary/aromatic N) is 6. The molecule has 0 spiro atoms. The van der Waals surface area contributed by atoms with E-state index in [4.69, 9.17) is 0 Å². The molecule has 1 aliphatic carbocycles. The first-order chi connectivity index (χ1) is 16.0. The summed E-state index contributed by atoms with van der Waals surface area (Å²) in [4.78, 5) is 30.3. The number of anilines is 1. The van der Waals surface area contributed by atoms with Crippen LogP contribution in [0.3, 0.4) is 0 Å². The summed E-state index contributed by atoms with van der Waals surface area (Å²) in [5, 5.41) is 19.4. The lowest BCUT2D eigenvalue weighted by atomic mass is 10.1. The Balaban J connectivity index is 1.44. The summed E-state index contributed by atoms with van der Waals surface area (Å²) >= 11 is 0. The highest BCUT2D eigenvalue weighted by atomic mass is 16.3. The number of aromatic hydroxyl groups is 1. The van der Waals surface area contributed by atoms with Crippen molar-refractivity contribution in [2.75, 3.05) is 5.32 Å². The zero-order chi connectivity index (χ0) is 22.5. The minimum absolute atomic E-state index is 0.245. The summed E-state index contributed by atoms with van der Waals surface area (Å²) in [6.45, 7) is 0.541. The average molecular weight is 443 g/mol. The number of aryl methyl sites for hydroxylation is 1. The van der Waals surface area contributed by atoms with Crippen LogP contribution in [0.15, 0.2) is 46.4 Å². The van der Waals surface area contributed by atoms with Crippen molar-refractivity contribution in [3.8, 4) is 5.88 Å². The first-order valence-corrected chi connectivity index (χ1v) is 10.6. The molecule has 0 radical (unpaired) electrons. The second kappa shape index (κ2) is 7.33. The Bertz CT molecular complexity index is 1680. The Hall–Kier alpha value is -4.41. The molecule has 1 fully saturated rings. The van der Waals surface area contributed by atoms with Crippen LogP contribution in [0, 0.1) is 0 Å². The Labute approximate surface area is 186 Å². The van der Waals surface area contributed by atoms with Crippen LogP contribution < -0.4 is 21.8 Å². The molecule has 1 aliphatic rings. The van der Waals surface area contributed by atoms with Gasteiger partial charge >= 0.3 is 5.69 Å². The van der Waals surface area contributed by atoms with Gasteiger partial charge in [0.2, 0.25) is 11.8 Å². The molecule has 0 aliphatic heterocycles. The van der Waals surface area contributed by atoms with Crippen LogP contribution in [-0.2, 0) is 13.6 Å². The molecule has 4 heterocycles. The molecule has 1 saturated carbocycles. The Morgan fingerprint density at radius 3 is 2.94 bits per heavy atom. The van der Waals surface area contributed by atoms with Crippen LogP contribution in [0.5, 0.6) is 5.88 Å². The van der Waals surface area contributed by atoms with Crippen molar-refractivity contribution in [1.29, 1.82) is 0 Å². The number of rotatable bonds is 5. The summed E-state index contributed by atoms with van der Waals surface area (Å²) < 4.78 is 3.66. The van der Waals surface area contributed by atoms with E-state index in [-0.39, 0.29) is 17.6 Å². The van der Waals surface area contributed by atoms with Crippen LogP contribution >= 0.6 is 0 Å². The molecule has 0 saturated heterocycles. The molecule has 1 aromatic carbocycles. The molecule has 11 heteroatoms. The largest absolute Gasteiger partial charge is 0.493 e. The van der Waals surface area contributed by atoms with Gasteiger partial charge in [-0.3, -0.25) is 4.98 Å². The van der Waals surface area contributed by atoms with Crippen molar-refractivity contribution in [3.63, 3.8) is 0 Å². The van der Waals surface area contributed by atoms with Crippen molar-refractivity contribution < 1.29 is 5.11 Å². The van der Waals surface area contributed by atoms with Gasteiger partial charge in [-0.2, -0.15) is 19.6 Å². The monoisotopic (exact) mass is 443 g/mol. The molecule has 166 valence electrons. The molecule has 0 atom stereocenters. The van der Waals surface area contributed by atoms with E-state index in [0.29, 0.717) is 29.0 Å². The number of nitrogens with one attached hydrogen (secondary N) is 3. The fourth-order valence-electron chi connectivity index (χ4n) is 3.85. The summed E-state index contributed by atoms with van der Waals surface area (Å²) in [6.07, 6.45) is 7.32. The standard InChI is InChI=1S/C22H21N9O2/c1-30-8-7-15-12(3-2-4-17(15)30)10-23-20-27-18-13(9-16-19(32)28-22(33)26-16)11-24-31(18)21(29-20)25-14-5-6-14/h2-4,7-9,11,14,32H,5-6,10H2,1H3,(H,23,25,29)(H2,26,28,33)/b13-9+. The van der Waals surface area contributed by atoms with Gasteiger partial charge in [0.25, 0.3) is 5.62 Å². The quantitative estimate of drug-likeness (QED) is 0.313. The molecule has 4 aromatic heterocycles. The number of fused-ring (bicyclic) bond motifs is 2. The molecule has 11 nitrogen and oxygen atoms in total. The molecule has 0 amide bonds. The van der Waals surface area contributed by atoms with Gasteiger partial charge in [0.05, 0.1) is 12.2 Å². The Kier molecular flexibility index (Phi) is 4.28. The second-order valence-corrected chi connectivity index (χ2v) is 8.16. The third-order valence-corrected chi connectivity index (χ3v) is 5.71. The number of hydrogen-bond donors (Lipinski definition) is 4. The van der Waals surface area contributed by atoms with E-state index in [1.165, 1.54) is 5.39 Å². The Morgan fingerprint density at radius 2 is 2.15 bits per heavy atom. The highest BCUT2D eigenvalue weighted by molar-refractivity contribution is 5.83. The molecular weight excluding hydrogens is 422 g/mol. The van der Waals surface area contributed by atoms with Gasteiger partial charge in [-0.05, 0) is 36.6 Å². The number of hydrogen-bond acceptors (Lipinski definition) is 7. The van der Waals surface area contributed by atoms with Crippen LogP contribution in [0.1, 0.15) is 24.1 Å². The van der Waals surface area contributed by atoms with Crippen LogP contribution in [0.25, 0.3) is 22.6 Å². The first-order valence-electron chi connectivity index (χ1n) is 10.6. The minimum atomic E-state index is -0.494. The number of aromatic nitrogens is 7. The lowest BCUT2D eigenvalue weighted by molar-refractivity contribution is 0.454. The molecule has 33 heavy (non-hydrogen) atoms. The SMILES string of the molecule is Cn1ccc2c(CNc3nc(=NC4CC4)n4nc/c(=C\c5[nH]c(=O)[nH]c5O)c4n3)cccc21. The predicted molar refractivity (Wildman–Crippen MR) is 121 cm³/mol. The van der Waals surface area contributed by atoms with Gasteiger partial charge in [0, 0.05) is 35.9 Å². The maximum atomic E-state index is 11.5. The third-order valence-electron chi connectivity index (χ3n) is 5.71. The maximum absolute atomic E-state index is 11.5. The van der Waals surface area contributed by atoms with E-state index in [9.17, 15) is 9.90 Å². The molecule has 0 unspecified atom stereocenters. The Morgan fingerprint density at radius 1 is 1.27 bits per heavy atom. The van der Waals surface area contributed by atoms with E-state index < -0.39 is 5.69 Å². The highest BCUT2D eigenvalue weighted by Crippen LogP contribution is 2.22. The second-order valence-electron chi connectivity index (χ2n) is 8.16. The van der Waals surface area contributed by atoms with E-state index in [1.807, 2.05) is 19.3 Å². The first kappa shape index (κ1) is 19.3. The number of benzene rings is 1. The van der Waals surface area contributed by atoms with Crippen molar-refractivity contribution in [2.24, 2.45) is 12.0 Å². The summed E-state index contributed by atoms with van der Waals surface area (Å²) in [5.41, 5.74) is 3.03. The third kappa shape index (κ3) is 3.53. The van der Waals surface area contributed by atoms with Crippen molar-refractivity contribution in [1.82, 2.24) is 34.1 Å². The van der Waals surface area contributed by atoms with Gasteiger partial charge in [-0.1, -0.05) is 12.1 Å². The van der Waals surface area contributed by atoms with Gasteiger partial charge in [0.15, 0.2) is 5.65 Å². The lowest BCUT2D eigenvalue weighted by Gasteiger charge is -2.07. The smallest absolute Gasteiger partial charge is 0.326 e. The average Bonchev–Trinajstić information content (AvgIpc) is 3.26. The summed E-state index contributed by atoms with van der Waals surface area (Å²) in [6, 6.07) is 8.54. The minimum Gasteiger partial charge on any atom is -0.493 e. The van der Waals surface area contributed by atoms with E-state index in [1.54, 1.807) is 16.8 Å². The highest BCUT2D eigenvalue weighted by Gasteiger charge is 2.21. The van der Waals surface area contributed by atoms with Crippen LogP contribution in [0.4, 0.5) is 5.95 Å². The molecule has 4 N–H and O–H groups in total. The molecular formula is C22H21N9O2. The normalized spacial score (nSPS) is 15.2. The zero-order valence-electron chi connectivity index (χ0n) is 17.8. The summed E-state index contributed by atoms with van der Waals surface area (Å²) in [5.74, 6) is 0.183. The van der Waals surface area contributed by atoms with Crippen molar-refractivity contribution >= 4 is 28.6 Å². The van der Waals surface area contributed by atoms with Crippen LogP contribution in [-0.4, -0.2) is 45.3 Å². The zero-order valence-corrected chi connectivity index (χ0v) is 17.8. The van der Waals surface area contributed by atoms with Gasteiger partial charge in [-0.25, -0.2) is 9.79 Å². The fraction of sp³-hybridized carbons (Fsp3) is 0.227. The molecule has 6 rings (SSSR count).